The van der Waals surface area contributed by atoms with E-state index in [0.717, 1.165) is 17.4 Å². The topological polar surface area (TPSA) is 55.4 Å². The summed E-state index contributed by atoms with van der Waals surface area (Å²) in [7, 11) is 0. The van der Waals surface area contributed by atoms with E-state index in [-0.39, 0.29) is 35.9 Å². The summed E-state index contributed by atoms with van der Waals surface area (Å²) >= 11 is 3.24. The number of allylic oxidation sites excluding steroid dienone is 2. The molecule has 0 N–H and O–H groups in total. The molecule has 154 valence electrons. The second-order valence-electron chi connectivity index (χ2n) is 10.1. The normalized spacial score (nSPS) is 55.2. The second-order valence-corrected chi connectivity index (χ2v) is 10.7. The molecule has 9 atom stereocenters. The van der Waals surface area contributed by atoms with Crippen LogP contribution >= 0.6 is 0 Å². The Labute approximate surface area is 173 Å². The molecule has 7 heteroatoms. The van der Waals surface area contributed by atoms with Crippen molar-refractivity contribution in [2.24, 2.45) is 17.3 Å². The molecule has 0 aromatic carbocycles. The zero-order valence-corrected chi connectivity index (χ0v) is 18.0. The molecule has 6 rings (SSSR count). The van der Waals surface area contributed by atoms with E-state index >= 15 is 0 Å². The van der Waals surface area contributed by atoms with Crippen LogP contribution in [-0.4, -0.2) is 53.0 Å². The summed E-state index contributed by atoms with van der Waals surface area (Å²) in [6, 6.07) is 0. The standard InChI is InChI=1S/C21H28O6.Cr/c1-19(2)24-15-14(23-18-17(16(15)25-19)26-20(3,4)27-18)13-9-21(10-22-13)8-11-5-6-12(21)7-11;/h5-6,11-18H,7-9H2,1-4H3;/t11-,12+,13-,14+,15-,16-,17+,18+,21?;/m0./s1. The summed E-state index contributed by atoms with van der Waals surface area (Å²) in [4.78, 5) is 0. The molecule has 0 aromatic rings. The van der Waals surface area contributed by atoms with Crippen molar-refractivity contribution >= 4 is 4.57 Å². The molecular formula is C21H28CrO6. The van der Waals surface area contributed by atoms with Crippen LogP contribution in [0.25, 0.3) is 0 Å². The number of rotatable bonds is 1. The summed E-state index contributed by atoms with van der Waals surface area (Å²) in [5, 5.41) is 0. The monoisotopic (exact) mass is 428 g/mol. The van der Waals surface area contributed by atoms with Crippen LogP contribution in [0.4, 0.5) is 0 Å². The van der Waals surface area contributed by atoms with E-state index in [1.54, 1.807) is 0 Å². The number of ether oxygens (including phenoxy) is 6. The number of fused-ring (bicyclic) bond motifs is 6. The van der Waals surface area contributed by atoms with Crippen molar-refractivity contribution in [3.63, 3.8) is 0 Å². The third kappa shape index (κ3) is 2.58. The molecule has 0 radical (unpaired) electrons. The zero-order valence-electron chi connectivity index (χ0n) is 16.8. The maximum atomic E-state index is 6.45. The molecule has 0 aromatic heterocycles. The number of hydrogen-bond donors (Lipinski definition) is 0. The number of hydrogen-bond acceptors (Lipinski definition) is 6. The second kappa shape index (κ2) is 5.78. The van der Waals surface area contributed by atoms with Crippen LogP contribution in [0.2, 0.25) is 0 Å². The molecule has 4 heterocycles. The van der Waals surface area contributed by atoms with Crippen molar-refractivity contribution in [3.05, 3.63) is 12.2 Å². The molecular weight excluding hydrogens is 400 g/mol. The van der Waals surface area contributed by atoms with Gasteiger partial charge in [-0.2, -0.15) is 0 Å². The average Bonchev–Trinajstić information content (AvgIpc) is 3.36. The van der Waals surface area contributed by atoms with Crippen molar-refractivity contribution in [2.75, 3.05) is 0 Å². The van der Waals surface area contributed by atoms with Gasteiger partial charge >= 0.3 is 174 Å². The Balaban J connectivity index is 1.30. The van der Waals surface area contributed by atoms with Crippen LogP contribution in [-0.2, 0) is 44.3 Å². The van der Waals surface area contributed by atoms with Gasteiger partial charge in [0.2, 0.25) is 0 Å². The first-order valence-corrected chi connectivity index (χ1v) is 11.1. The van der Waals surface area contributed by atoms with Crippen LogP contribution in [0.3, 0.4) is 0 Å². The van der Waals surface area contributed by atoms with Gasteiger partial charge in [0, 0.05) is 0 Å². The van der Waals surface area contributed by atoms with E-state index in [9.17, 15) is 0 Å². The van der Waals surface area contributed by atoms with Gasteiger partial charge in [0.1, 0.15) is 0 Å². The molecule has 5 fully saturated rings. The Bertz CT molecular complexity index is 749. The molecule has 4 aliphatic heterocycles. The zero-order chi connectivity index (χ0) is 19.5. The van der Waals surface area contributed by atoms with Crippen LogP contribution in [0, 0.1) is 17.3 Å². The Morgan fingerprint density at radius 3 is 2.21 bits per heavy atom. The first-order chi connectivity index (χ1) is 13.2. The van der Waals surface area contributed by atoms with Crippen molar-refractivity contribution in [2.45, 2.75) is 95.3 Å². The van der Waals surface area contributed by atoms with E-state index in [2.05, 4.69) is 28.0 Å². The SMILES string of the molecule is CC1(C)O[C@@H]2[C@H](O1)[C@H]1OC(C)(C)O[C@H]1O[C@@H]2[C@@H]1CC2(C[C@H]3C=C[C@@H]2C3)[C](=[Cr])O1. The molecule has 2 bridgehead atoms. The minimum atomic E-state index is -0.701. The molecule has 1 unspecified atom stereocenters. The van der Waals surface area contributed by atoms with Crippen molar-refractivity contribution in [3.8, 4) is 0 Å². The van der Waals surface area contributed by atoms with Crippen molar-refractivity contribution in [1.82, 2.24) is 0 Å². The van der Waals surface area contributed by atoms with E-state index < -0.39 is 17.9 Å². The van der Waals surface area contributed by atoms with E-state index in [4.69, 9.17) is 28.4 Å². The minimum absolute atomic E-state index is 0.0812. The van der Waals surface area contributed by atoms with Gasteiger partial charge in [-0.1, -0.05) is 0 Å². The molecule has 0 amide bonds. The van der Waals surface area contributed by atoms with Gasteiger partial charge in [0.15, 0.2) is 0 Å². The molecule has 1 spiro atoms. The van der Waals surface area contributed by atoms with Crippen LogP contribution in [0.15, 0.2) is 12.2 Å². The van der Waals surface area contributed by atoms with E-state index in [1.165, 1.54) is 6.42 Å². The third-order valence-electron chi connectivity index (χ3n) is 7.30. The predicted molar refractivity (Wildman–Crippen MR) is 94.8 cm³/mol. The fourth-order valence-corrected chi connectivity index (χ4v) is 6.98. The Morgan fingerprint density at radius 2 is 1.54 bits per heavy atom. The van der Waals surface area contributed by atoms with Crippen LogP contribution < -0.4 is 0 Å². The van der Waals surface area contributed by atoms with Crippen LogP contribution in [0.5, 0.6) is 0 Å². The molecule has 6 aliphatic rings. The molecule has 2 aliphatic carbocycles. The summed E-state index contributed by atoms with van der Waals surface area (Å²) in [5.41, 5.74) is 0.0983. The predicted octanol–water partition coefficient (Wildman–Crippen LogP) is 2.43. The molecule has 28 heavy (non-hydrogen) atoms. The van der Waals surface area contributed by atoms with Gasteiger partial charge in [-0.25, -0.2) is 0 Å². The van der Waals surface area contributed by atoms with E-state index in [0.29, 0.717) is 11.8 Å². The van der Waals surface area contributed by atoms with Gasteiger partial charge in [-0.05, 0) is 0 Å². The summed E-state index contributed by atoms with van der Waals surface area (Å²) in [6.45, 7) is 7.72. The van der Waals surface area contributed by atoms with Gasteiger partial charge in [-0.3, -0.25) is 0 Å². The summed E-state index contributed by atoms with van der Waals surface area (Å²) < 4.78 is 38.6. The Hall–Kier alpha value is -0.0975. The summed E-state index contributed by atoms with van der Waals surface area (Å²) in [6.07, 6.45) is 6.53. The molecule has 4 saturated heterocycles. The van der Waals surface area contributed by atoms with Crippen molar-refractivity contribution < 1.29 is 44.3 Å². The van der Waals surface area contributed by atoms with E-state index in [1.807, 2.05) is 27.7 Å². The van der Waals surface area contributed by atoms with Crippen molar-refractivity contribution in [1.29, 1.82) is 0 Å². The molecule has 1 saturated carbocycles. The molecule has 6 nitrogen and oxygen atoms in total. The van der Waals surface area contributed by atoms with Gasteiger partial charge in [0.25, 0.3) is 0 Å². The fraction of sp³-hybridized carbons (Fsp3) is 0.857. The average molecular weight is 428 g/mol. The maximum absolute atomic E-state index is 6.45. The van der Waals surface area contributed by atoms with Gasteiger partial charge < -0.3 is 0 Å². The Morgan fingerprint density at radius 1 is 0.857 bits per heavy atom. The third-order valence-corrected chi connectivity index (χ3v) is 8.08. The van der Waals surface area contributed by atoms with Gasteiger partial charge in [-0.15, -0.1) is 0 Å². The summed E-state index contributed by atoms with van der Waals surface area (Å²) in [5.74, 6) is -0.142. The van der Waals surface area contributed by atoms with Crippen LogP contribution in [0.1, 0.15) is 47.0 Å². The quantitative estimate of drug-likeness (QED) is 0.598. The van der Waals surface area contributed by atoms with Gasteiger partial charge in [0.05, 0.1) is 0 Å². The fourth-order valence-electron chi connectivity index (χ4n) is 6.29. The Kier molecular flexibility index (Phi) is 3.85. The first kappa shape index (κ1) is 18.7. The first-order valence-electron chi connectivity index (χ1n) is 10.4.